The summed E-state index contributed by atoms with van der Waals surface area (Å²) >= 11 is 6.37. The number of imidazole rings is 1. The molecule has 0 saturated carbocycles. The van der Waals surface area contributed by atoms with Gasteiger partial charge >= 0.3 is 0 Å². The molecule has 2 aromatic rings. The van der Waals surface area contributed by atoms with Gasteiger partial charge in [-0.15, -0.1) is 0 Å². The molecule has 4 heterocycles. The van der Waals surface area contributed by atoms with Gasteiger partial charge in [-0.1, -0.05) is 25.4 Å². The SMILES string of the molecule is C[C@H]1CN(S(=O)(=O)CC2(C)COC2)CC[C@H]1c1[nH]c(-c2ccc(F)cn2)nc1Cl. The Bertz CT molecular complexity index is 991. The number of aromatic nitrogens is 3. The number of sulfonamides is 1. The van der Waals surface area contributed by atoms with Crippen LogP contribution in [0.15, 0.2) is 18.3 Å². The van der Waals surface area contributed by atoms with Crippen LogP contribution in [0.25, 0.3) is 11.5 Å². The van der Waals surface area contributed by atoms with Crippen molar-refractivity contribution in [1.82, 2.24) is 19.3 Å². The number of hydrogen-bond acceptors (Lipinski definition) is 5. The van der Waals surface area contributed by atoms with Gasteiger partial charge in [-0.25, -0.2) is 27.1 Å². The number of aromatic amines is 1. The lowest BCUT2D eigenvalue weighted by Crippen LogP contribution is -2.51. The lowest BCUT2D eigenvalue weighted by molar-refractivity contribution is -0.0875. The number of rotatable bonds is 5. The van der Waals surface area contributed by atoms with Crippen LogP contribution in [0, 0.1) is 17.2 Å². The fraction of sp³-hybridized carbons (Fsp3) is 0.579. The second kappa shape index (κ2) is 7.61. The van der Waals surface area contributed by atoms with Gasteiger partial charge in [-0.05, 0) is 24.5 Å². The lowest BCUT2D eigenvalue weighted by atomic mass is 9.86. The number of nitrogens with zero attached hydrogens (tertiary/aromatic N) is 3. The van der Waals surface area contributed by atoms with Gasteiger partial charge < -0.3 is 9.72 Å². The van der Waals surface area contributed by atoms with Crippen molar-refractivity contribution in [2.45, 2.75) is 26.2 Å². The van der Waals surface area contributed by atoms with Gasteiger partial charge in [0.2, 0.25) is 10.0 Å². The highest BCUT2D eigenvalue weighted by molar-refractivity contribution is 7.89. The molecule has 2 fully saturated rings. The summed E-state index contributed by atoms with van der Waals surface area (Å²) < 4.78 is 45.6. The van der Waals surface area contributed by atoms with E-state index in [1.165, 1.54) is 12.1 Å². The number of pyridine rings is 1. The Balaban J connectivity index is 1.48. The van der Waals surface area contributed by atoms with E-state index in [0.29, 0.717) is 49.4 Å². The third-order valence-electron chi connectivity index (χ3n) is 5.72. The predicted molar refractivity (Wildman–Crippen MR) is 108 cm³/mol. The zero-order valence-electron chi connectivity index (χ0n) is 16.4. The molecule has 158 valence electrons. The van der Waals surface area contributed by atoms with Crippen molar-refractivity contribution in [3.8, 4) is 11.5 Å². The van der Waals surface area contributed by atoms with E-state index in [4.69, 9.17) is 16.3 Å². The summed E-state index contributed by atoms with van der Waals surface area (Å²) in [7, 11) is -3.34. The van der Waals surface area contributed by atoms with E-state index in [-0.39, 0.29) is 23.0 Å². The highest BCUT2D eigenvalue weighted by Gasteiger charge is 2.42. The van der Waals surface area contributed by atoms with E-state index < -0.39 is 15.8 Å². The van der Waals surface area contributed by atoms with Crippen molar-refractivity contribution in [2.24, 2.45) is 11.3 Å². The molecule has 0 aliphatic carbocycles. The Hall–Kier alpha value is -1.55. The molecule has 7 nitrogen and oxygen atoms in total. The maximum atomic E-state index is 13.1. The largest absolute Gasteiger partial charge is 0.380 e. The summed E-state index contributed by atoms with van der Waals surface area (Å²) in [6, 6.07) is 2.86. The third kappa shape index (κ3) is 4.19. The molecule has 2 aliphatic heterocycles. The molecule has 0 spiro atoms. The molecule has 2 atom stereocenters. The minimum absolute atomic E-state index is 0.0540. The van der Waals surface area contributed by atoms with E-state index in [0.717, 1.165) is 11.9 Å². The second-order valence-electron chi connectivity index (χ2n) is 8.44. The molecule has 10 heteroatoms. The summed E-state index contributed by atoms with van der Waals surface area (Å²) in [6.07, 6.45) is 1.77. The van der Waals surface area contributed by atoms with Crippen LogP contribution < -0.4 is 0 Å². The van der Waals surface area contributed by atoms with Crippen molar-refractivity contribution in [3.63, 3.8) is 0 Å². The first kappa shape index (κ1) is 20.7. The fourth-order valence-electron chi connectivity index (χ4n) is 4.10. The standard InChI is InChI=1S/C19H24ClFN4O3S/c1-12-8-25(29(26,27)11-19(2)9-28-10-19)6-5-14(12)16-17(20)24-18(23-16)15-4-3-13(21)7-22-15/h3-4,7,12,14H,5-6,8-11H2,1-2H3,(H,23,24)/t12-,14+/m0/s1. The molecule has 0 unspecified atom stereocenters. The number of piperidine rings is 1. The first-order valence-electron chi connectivity index (χ1n) is 9.60. The van der Waals surface area contributed by atoms with Crippen LogP contribution in [0.5, 0.6) is 0 Å². The molecule has 0 amide bonds. The first-order valence-corrected chi connectivity index (χ1v) is 11.6. The molecule has 2 aliphatic rings. The smallest absolute Gasteiger partial charge is 0.214 e. The third-order valence-corrected chi connectivity index (χ3v) is 8.19. The molecule has 2 aromatic heterocycles. The van der Waals surface area contributed by atoms with Gasteiger partial charge in [0.25, 0.3) is 0 Å². The Morgan fingerprint density at radius 1 is 1.41 bits per heavy atom. The fourth-order valence-corrected chi connectivity index (χ4v) is 6.45. The number of halogens is 2. The van der Waals surface area contributed by atoms with Crippen LogP contribution >= 0.6 is 11.6 Å². The van der Waals surface area contributed by atoms with Gasteiger partial charge in [0.15, 0.2) is 11.0 Å². The average molecular weight is 443 g/mol. The van der Waals surface area contributed by atoms with Crippen LogP contribution in [0.2, 0.25) is 5.15 Å². The molecule has 4 rings (SSSR count). The molecular weight excluding hydrogens is 419 g/mol. The Morgan fingerprint density at radius 3 is 2.76 bits per heavy atom. The predicted octanol–water partition coefficient (Wildman–Crippen LogP) is 3.06. The Kier molecular flexibility index (Phi) is 5.43. The summed E-state index contributed by atoms with van der Waals surface area (Å²) in [5.74, 6) is 0.290. The van der Waals surface area contributed by atoms with E-state index >= 15 is 0 Å². The van der Waals surface area contributed by atoms with Crippen LogP contribution in [-0.2, 0) is 14.8 Å². The monoisotopic (exact) mass is 442 g/mol. The van der Waals surface area contributed by atoms with E-state index in [2.05, 4.69) is 15.0 Å². The van der Waals surface area contributed by atoms with Gasteiger partial charge in [0.05, 0.1) is 30.9 Å². The van der Waals surface area contributed by atoms with Gasteiger partial charge in [-0.2, -0.15) is 0 Å². The van der Waals surface area contributed by atoms with Crippen molar-refractivity contribution in [2.75, 3.05) is 32.1 Å². The highest BCUT2D eigenvalue weighted by Crippen LogP contribution is 2.38. The maximum absolute atomic E-state index is 13.1. The minimum Gasteiger partial charge on any atom is -0.380 e. The van der Waals surface area contributed by atoms with Gasteiger partial charge in [0.1, 0.15) is 11.5 Å². The Labute approximate surface area is 174 Å². The van der Waals surface area contributed by atoms with Crippen LogP contribution in [0.3, 0.4) is 0 Å². The van der Waals surface area contributed by atoms with Gasteiger partial charge in [-0.3, -0.25) is 0 Å². The topological polar surface area (TPSA) is 88.2 Å². The lowest BCUT2D eigenvalue weighted by Gasteiger charge is -2.41. The number of ether oxygens (including phenoxy) is 1. The van der Waals surface area contributed by atoms with Crippen molar-refractivity contribution >= 4 is 21.6 Å². The second-order valence-corrected chi connectivity index (χ2v) is 10.8. The summed E-state index contributed by atoms with van der Waals surface area (Å²) in [5.41, 5.74) is 0.989. The van der Waals surface area contributed by atoms with E-state index in [1.807, 2.05) is 13.8 Å². The van der Waals surface area contributed by atoms with E-state index in [1.54, 1.807) is 4.31 Å². The van der Waals surface area contributed by atoms with Crippen molar-refractivity contribution in [3.05, 3.63) is 35.0 Å². The highest BCUT2D eigenvalue weighted by atomic mass is 35.5. The van der Waals surface area contributed by atoms with Crippen LogP contribution in [-0.4, -0.2) is 59.7 Å². The number of hydrogen-bond donors (Lipinski definition) is 1. The molecule has 29 heavy (non-hydrogen) atoms. The van der Waals surface area contributed by atoms with Gasteiger partial charge in [0, 0.05) is 24.4 Å². The zero-order chi connectivity index (χ0) is 20.8. The molecule has 2 saturated heterocycles. The molecule has 0 radical (unpaired) electrons. The Morgan fingerprint density at radius 2 is 2.17 bits per heavy atom. The molecule has 1 N–H and O–H groups in total. The molecular formula is C19H24ClFN4O3S. The minimum atomic E-state index is -3.34. The summed E-state index contributed by atoms with van der Waals surface area (Å²) in [6.45, 7) is 5.81. The quantitative estimate of drug-likeness (QED) is 0.768. The average Bonchev–Trinajstić information content (AvgIpc) is 3.02. The maximum Gasteiger partial charge on any atom is 0.214 e. The summed E-state index contributed by atoms with van der Waals surface area (Å²) in [5, 5.41) is 0.346. The normalized spacial score (nSPS) is 25.0. The van der Waals surface area contributed by atoms with Crippen LogP contribution in [0.4, 0.5) is 4.39 Å². The number of nitrogens with one attached hydrogen (secondary N) is 1. The first-order chi connectivity index (χ1) is 13.7. The van der Waals surface area contributed by atoms with E-state index in [9.17, 15) is 12.8 Å². The van der Waals surface area contributed by atoms with Crippen molar-refractivity contribution in [1.29, 1.82) is 0 Å². The van der Waals surface area contributed by atoms with Crippen molar-refractivity contribution < 1.29 is 17.5 Å². The molecule has 0 aromatic carbocycles. The van der Waals surface area contributed by atoms with Crippen LogP contribution in [0.1, 0.15) is 31.9 Å². The summed E-state index contributed by atoms with van der Waals surface area (Å²) in [4.78, 5) is 11.6. The molecule has 0 bridgehead atoms. The zero-order valence-corrected chi connectivity index (χ0v) is 17.9. The number of H-pyrrole nitrogens is 1.